The Morgan fingerprint density at radius 3 is 2.09 bits per heavy atom. The van der Waals surface area contributed by atoms with Crippen molar-refractivity contribution in [3.05, 3.63) is 0 Å². The van der Waals surface area contributed by atoms with E-state index in [2.05, 4.69) is 0 Å². The smallest absolute Gasteiger partial charge is 1.00 e. The van der Waals surface area contributed by atoms with Crippen LogP contribution in [-0.2, 0) is 14.9 Å². The molecule has 0 aromatic rings. The fraction of sp³-hybridized carbons (Fsp3) is 0.667. The van der Waals surface area contributed by atoms with Crippen molar-refractivity contribution >= 4 is 16.1 Å². The Kier molecular flexibility index (Phi) is 7.37. The molecule has 0 fully saturated rings. The first kappa shape index (κ1) is 14.5. The summed E-state index contributed by atoms with van der Waals surface area (Å²) in [5, 5.41) is 8.04. The molecular weight excluding hydrogens is 201 g/mol. The van der Waals surface area contributed by atoms with E-state index in [-0.39, 0.29) is 52.8 Å². The Hall–Kier alpha value is 0.976. The van der Waals surface area contributed by atoms with E-state index in [9.17, 15) is 13.2 Å². The molecule has 1 unspecified atom stereocenters. The average Bonchev–Trinajstić information content (AvgIpc) is 1.60. The zero-order chi connectivity index (χ0) is 8.36. The second-order valence-electron chi connectivity index (χ2n) is 1.69. The van der Waals surface area contributed by atoms with Gasteiger partial charge in [-0.05, 0) is 0 Å². The number of carboxylic acids is 1. The quantitative estimate of drug-likeness (QED) is 0.318. The number of rotatable bonds is 3. The minimum absolute atomic E-state index is 0. The van der Waals surface area contributed by atoms with Gasteiger partial charge in [0.1, 0.15) is 11.8 Å². The molecule has 0 aliphatic heterocycles. The van der Waals surface area contributed by atoms with Crippen molar-refractivity contribution in [3.8, 4) is 0 Å². The van der Waals surface area contributed by atoms with Crippen molar-refractivity contribution in [1.29, 1.82) is 0 Å². The molecular formula is C3H8KNO5S. The van der Waals surface area contributed by atoms with E-state index in [0.717, 1.165) is 0 Å². The summed E-state index contributed by atoms with van der Waals surface area (Å²) in [4.78, 5) is 9.88. The molecule has 0 heterocycles. The van der Waals surface area contributed by atoms with Gasteiger partial charge < -0.3 is 12.3 Å². The van der Waals surface area contributed by atoms with Gasteiger partial charge in [0.2, 0.25) is 0 Å². The molecule has 0 bridgehead atoms. The van der Waals surface area contributed by atoms with Crippen LogP contribution in [0.2, 0.25) is 0 Å². The van der Waals surface area contributed by atoms with Crippen molar-refractivity contribution in [3.63, 3.8) is 0 Å². The summed E-state index contributed by atoms with van der Waals surface area (Å²) < 4.78 is 28.0. The van der Waals surface area contributed by atoms with Crippen LogP contribution >= 0.6 is 0 Å². The van der Waals surface area contributed by atoms with Crippen molar-refractivity contribution in [1.82, 2.24) is 0 Å². The number of aliphatic carboxylic acids is 1. The van der Waals surface area contributed by atoms with E-state index >= 15 is 0 Å². The fourth-order valence-corrected chi connectivity index (χ4v) is 0.895. The average molecular weight is 209 g/mol. The summed E-state index contributed by atoms with van der Waals surface area (Å²) in [5.74, 6) is -2.42. The van der Waals surface area contributed by atoms with E-state index in [1.807, 2.05) is 0 Å². The van der Waals surface area contributed by atoms with Crippen molar-refractivity contribution in [2.45, 2.75) is 6.04 Å². The number of hydrogen-bond acceptors (Lipinski definition) is 4. The molecule has 0 saturated heterocycles. The molecule has 4 N–H and O–H groups in total. The Labute approximate surface area is 108 Å². The molecule has 0 aromatic carbocycles. The van der Waals surface area contributed by atoms with Gasteiger partial charge in [-0.2, -0.15) is 8.42 Å². The van der Waals surface area contributed by atoms with Crippen molar-refractivity contribution in [2.75, 3.05) is 5.75 Å². The summed E-state index contributed by atoms with van der Waals surface area (Å²) in [7, 11) is -4.27. The topological polar surface area (TPSA) is 118 Å². The first-order valence-electron chi connectivity index (χ1n) is 2.26. The van der Waals surface area contributed by atoms with Gasteiger partial charge in [0.05, 0.1) is 0 Å². The maximum atomic E-state index is 9.96. The molecule has 0 saturated carbocycles. The normalized spacial score (nSPS) is 13.3. The van der Waals surface area contributed by atoms with Crippen LogP contribution in [0.3, 0.4) is 0 Å². The minimum atomic E-state index is -4.27. The van der Waals surface area contributed by atoms with Gasteiger partial charge in [0, 0.05) is 0 Å². The Morgan fingerprint density at radius 2 is 2.00 bits per heavy atom. The Bertz CT molecular complexity index is 229. The van der Waals surface area contributed by atoms with E-state index in [4.69, 9.17) is 15.4 Å². The van der Waals surface area contributed by atoms with Crippen LogP contribution in [0, 0.1) is 0 Å². The first-order chi connectivity index (χ1) is 4.33. The zero-order valence-corrected chi connectivity index (χ0v) is 9.83. The standard InChI is InChI=1S/C3H7NO5S.K.H/c4-2(3(5)6)1-10(7,8)9;;/h2H,1,4H2,(H,5,6)(H,7,8,9);;/q;+1;-1. The molecule has 0 aliphatic rings. The maximum absolute atomic E-state index is 9.96. The van der Waals surface area contributed by atoms with Crippen LogP contribution in [0.4, 0.5) is 0 Å². The minimum Gasteiger partial charge on any atom is -1.00 e. The second-order valence-corrected chi connectivity index (χ2v) is 3.19. The SMILES string of the molecule is NC(CS(=O)(=O)O)C(=O)O.[H-].[K+]. The molecule has 62 valence electrons. The van der Waals surface area contributed by atoms with Crippen LogP contribution in [-0.4, -0.2) is 35.8 Å². The van der Waals surface area contributed by atoms with Gasteiger partial charge in [0.15, 0.2) is 0 Å². The molecule has 1 atom stereocenters. The van der Waals surface area contributed by atoms with Gasteiger partial charge >= 0.3 is 57.4 Å². The third-order valence-corrected chi connectivity index (χ3v) is 1.49. The maximum Gasteiger partial charge on any atom is 1.00 e. The van der Waals surface area contributed by atoms with E-state index in [0.29, 0.717) is 0 Å². The van der Waals surface area contributed by atoms with Crippen LogP contribution < -0.4 is 57.1 Å². The monoisotopic (exact) mass is 209 g/mol. The molecule has 0 rings (SSSR count). The summed E-state index contributed by atoms with van der Waals surface area (Å²) in [6.45, 7) is 0. The van der Waals surface area contributed by atoms with Gasteiger partial charge in [-0.1, -0.05) is 0 Å². The second kappa shape index (κ2) is 5.59. The summed E-state index contributed by atoms with van der Waals surface area (Å²) in [6, 6.07) is -1.56. The molecule has 0 amide bonds. The number of hydrogen-bond donors (Lipinski definition) is 3. The van der Waals surface area contributed by atoms with E-state index < -0.39 is 27.9 Å². The Balaban J connectivity index is -0.000000405. The predicted molar refractivity (Wildman–Crippen MR) is 33.1 cm³/mol. The summed E-state index contributed by atoms with van der Waals surface area (Å²) >= 11 is 0. The summed E-state index contributed by atoms with van der Waals surface area (Å²) in [6.07, 6.45) is 0. The van der Waals surface area contributed by atoms with Crippen LogP contribution in [0.5, 0.6) is 0 Å². The number of carboxylic acid groups (broad SMARTS) is 1. The molecule has 0 aromatic heterocycles. The van der Waals surface area contributed by atoms with Gasteiger partial charge in [-0.25, -0.2) is 0 Å². The zero-order valence-electron chi connectivity index (χ0n) is 6.89. The van der Waals surface area contributed by atoms with Crippen LogP contribution in [0.1, 0.15) is 1.43 Å². The molecule has 8 heteroatoms. The first-order valence-corrected chi connectivity index (χ1v) is 3.87. The predicted octanol–water partition coefficient (Wildman–Crippen LogP) is -4.60. The van der Waals surface area contributed by atoms with Crippen LogP contribution in [0.25, 0.3) is 0 Å². The molecule has 6 nitrogen and oxygen atoms in total. The van der Waals surface area contributed by atoms with Crippen molar-refractivity contribution < 1.29 is 75.7 Å². The molecule has 11 heavy (non-hydrogen) atoms. The summed E-state index contributed by atoms with van der Waals surface area (Å²) in [5.41, 5.74) is 4.76. The van der Waals surface area contributed by atoms with E-state index in [1.54, 1.807) is 0 Å². The third kappa shape index (κ3) is 8.89. The third-order valence-electron chi connectivity index (χ3n) is 0.707. The molecule has 0 aliphatic carbocycles. The van der Waals surface area contributed by atoms with Gasteiger partial charge in [0.25, 0.3) is 10.1 Å². The Morgan fingerprint density at radius 1 is 1.64 bits per heavy atom. The van der Waals surface area contributed by atoms with E-state index in [1.165, 1.54) is 0 Å². The van der Waals surface area contributed by atoms with Crippen molar-refractivity contribution in [2.24, 2.45) is 5.73 Å². The van der Waals surface area contributed by atoms with Gasteiger partial charge in [-0.3, -0.25) is 9.35 Å². The number of carbonyl (C=O) groups is 1. The number of nitrogens with two attached hydrogens (primary N) is 1. The fourth-order valence-electron chi connectivity index (χ4n) is 0.298. The molecule has 0 radical (unpaired) electrons. The van der Waals surface area contributed by atoms with Gasteiger partial charge in [-0.15, -0.1) is 0 Å². The largest absolute Gasteiger partial charge is 1.00 e. The van der Waals surface area contributed by atoms with Crippen LogP contribution in [0.15, 0.2) is 0 Å². The molecule has 0 spiro atoms.